The van der Waals surface area contributed by atoms with Gasteiger partial charge in [0.05, 0.1) is 13.1 Å². The van der Waals surface area contributed by atoms with Crippen LogP contribution in [0, 0.1) is 24.5 Å². The highest BCUT2D eigenvalue weighted by atomic mass is 19.1. The van der Waals surface area contributed by atoms with Gasteiger partial charge in [0.1, 0.15) is 23.4 Å². The second-order valence-corrected chi connectivity index (χ2v) is 9.89. The van der Waals surface area contributed by atoms with Crippen LogP contribution < -0.4 is 10.9 Å². The van der Waals surface area contributed by atoms with E-state index in [0.29, 0.717) is 18.9 Å². The van der Waals surface area contributed by atoms with Crippen molar-refractivity contribution in [3.63, 3.8) is 0 Å². The van der Waals surface area contributed by atoms with Gasteiger partial charge in [-0.2, -0.15) is 0 Å². The first-order valence-corrected chi connectivity index (χ1v) is 14.9. The lowest BCUT2D eigenvalue weighted by Gasteiger charge is -2.09. The van der Waals surface area contributed by atoms with Gasteiger partial charge in [-0.25, -0.2) is 13.2 Å². The molecule has 0 saturated carbocycles. The highest BCUT2D eigenvalue weighted by Gasteiger charge is 2.17. The predicted molar refractivity (Wildman–Crippen MR) is 168 cm³/mol. The summed E-state index contributed by atoms with van der Waals surface area (Å²) in [6.07, 6.45) is 3.08. The first-order valence-electron chi connectivity index (χ1n) is 14.9. The molecule has 1 aromatic heterocycles. The lowest BCUT2D eigenvalue weighted by Crippen LogP contribution is -2.32. The van der Waals surface area contributed by atoms with Gasteiger partial charge in [-0.3, -0.25) is 9.59 Å². The minimum Gasteiger partial charge on any atom is -0.367 e. The zero-order chi connectivity index (χ0) is 32.9. The number of alkyl halides is 1. The Labute approximate surface area is 254 Å². The van der Waals surface area contributed by atoms with E-state index in [1.54, 1.807) is 10.6 Å². The highest BCUT2D eigenvalue weighted by Crippen LogP contribution is 2.14. The molecule has 0 aliphatic heterocycles. The van der Waals surface area contributed by atoms with Crippen LogP contribution in [0.4, 0.5) is 13.2 Å². The molecule has 3 aromatic rings. The van der Waals surface area contributed by atoms with Crippen molar-refractivity contribution in [1.82, 2.24) is 9.88 Å². The Kier molecular flexibility index (Phi) is 20.4. The average molecular weight is 607 g/mol. The van der Waals surface area contributed by atoms with E-state index in [1.165, 1.54) is 16.7 Å². The van der Waals surface area contributed by atoms with Crippen molar-refractivity contribution in [2.45, 2.75) is 93.2 Å². The molecule has 2 aromatic carbocycles. The smallest absolute Gasteiger partial charge is 0.257 e. The number of nitrogens with zero attached hydrogens (tertiary/aromatic N) is 1. The number of rotatable bonds is 10. The Morgan fingerprint density at radius 3 is 2.05 bits per heavy atom. The predicted octanol–water partition coefficient (Wildman–Crippen LogP) is 6.97. The SMILES string of the molecule is CC.CCC(F)C[C@H](C)CC.CCc1ccc(=O)n(Cc2cccc(C)c2)c1.O=C(NCC(O)O)c1c(F)cccc1F. The molecule has 6 nitrogen and oxygen atoms in total. The van der Waals surface area contributed by atoms with Gasteiger partial charge in [0.2, 0.25) is 0 Å². The van der Waals surface area contributed by atoms with Crippen LogP contribution in [-0.2, 0) is 13.0 Å². The number of carbonyl (C=O) groups excluding carboxylic acids is 1. The van der Waals surface area contributed by atoms with E-state index < -0.39 is 42.1 Å². The molecule has 3 N–H and O–H groups in total. The quantitative estimate of drug-likeness (QED) is 0.218. The Hall–Kier alpha value is -3.43. The summed E-state index contributed by atoms with van der Waals surface area (Å²) in [5, 5.41) is 18.8. The molecule has 0 aliphatic rings. The number of benzene rings is 2. The van der Waals surface area contributed by atoms with Gasteiger partial charge >= 0.3 is 0 Å². The number of hydrogen-bond acceptors (Lipinski definition) is 4. The zero-order valence-electron chi connectivity index (χ0n) is 26.5. The summed E-state index contributed by atoms with van der Waals surface area (Å²) in [5.41, 5.74) is 2.90. The number of nitrogens with one attached hydrogen (secondary N) is 1. The van der Waals surface area contributed by atoms with E-state index >= 15 is 0 Å². The number of pyridine rings is 1. The lowest BCUT2D eigenvalue weighted by molar-refractivity contribution is -0.0361. The monoisotopic (exact) mass is 606 g/mol. The Morgan fingerprint density at radius 1 is 0.930 bits per heavy atom. The molecule has 0 saturated heterocycles. The normalized spacial score (nSPS) is 11.6. The first kappa shape index (κ1) is 39.6. The summed E-state index contributed by atoms with van der Waals surface area (Å²) in [7, 11) is 0. The van der Waals surface area contributed by atoms with E-state index in [4.69, 9.17) is 10.2 Å². The van der Waals surface area contributed by atoms with Gasteiger partial charge in [-0.05, 0) is 55.4 Å². The summed E-state index contributed by atoms with van der Waals surface area (Å²) in [4.78, 5) is 22.9. The van der Waals surface area contributed by atoms with Crippen LogP contribution in [0.25, 0.3) is 0 Å². The Bertz CT molecular complexity index is 1240. The van der Waals surface area contributed by atoms with Crippen LogP contribution in [0.15, 0.2) is 65.6 Å². The van der Waals surface area contributed by atoms with E-state index in [0.717, 1.165) is 37.5 Å². The molecule has 0 spiro atoms. The third-order valence-electron chi connectivity index (χ3n) is 6.32. The topological polar surface area (TPSA) is 91.6 Å². The molecule has 3 rings (SSSR count). The molecule has 43 heavy (non-hydrogen) atoms. The second-order valence-electron chi connectivity index (χ2n) is 9.89. The maximum atomic E-state index is 13.0. The molecule has 0 radical (unpaired) electrons. The Morgan fingerprint density at radius 2 is 1.53 bits per heavy atom. The molecule has 0 fully saturated rings. The molecular formula is C34H49F3N2O4. The number of hydrogen-bond donors (Lipinski definition) is 3. The summed E-state index contributed by atoms with van der Waals surface area (Å²) in [6.45, 7) is 14.4. The lowest BCUT2D eigenvalue weighted by atomic mass is 10.0. The molecule has 1 heterocycles. The van der Waals surface area contributed by atoms with Crippen LogP contribution in [0.1, 0.15) is 87.9 Å². The van der Waals surface area contributed by atoms with Crippen molar-refractivity contribution in [2.75, 3.05) is 6.54 Å². The molecule has 0 aliphatic carbocycles. The number of aliphatic hydroxyl groups is 2. The molecule has 0 bridgehead atoms. The zero-order valence-corrected chi connectivity index (χ0v) is 26.5. The van der Waals surface area contributed by atoms with Crippen molar-refractivity contribution in [3.05, 3.63) is 105 Å². The van der Waals surface area contributed by atoms with Gasteiger partial charge in [-0.1, -0.05) is 89.9 Å². The first-order chi connectivity index (χ1) is 20.4. The fourth-order valence-corrected chi connectivity index (χ4v) is 3.68. The van der Waals surface area contributed by atoms with E-state index in [9.17, 15) is 22.8 Å². The van der Waals surface area contributed by atoms with Gasteiger partial charge in [-0.15, -0.1) is 0 Å². The van der Waals surface area contributed by atoms with Gasteiger partial charge < -0.3 is 20.1 Å². The third kappa shape index (κ3) is 16.1. The van der Waals surface area contributed by atoms with Crippen LogP contribution in [-0.4, -0.2) is 39.7 Å². The summed E-state index contributed by atoms with van der Waals surface area (Å²) < 4.78 is 40.3. The van der Waals surface area contributed by atoms with Crippen molar-refractivity contribution in [3.8, 4) is 0 Å². The van der Waals surface area contributed by atoms with Gasteiger partial charge in [0, 0.05) is 12.3 Å². The molecule has 1 unspecified atom stereocenters. The van der Waals surface area contributed by atoms with Crippen molar-refractivity contribution >= 4 is 5.91 Å². The number of carbonyl (C=O) groups is 1. The van der Waals surface area contributed by atoms with E-state index in [-0.39, 0.29) is 5.56 Å². The number of aromatic nitrogens is 1. The number of amides is 1. The fourth-order valence-electron chi connectivity index (χ4n) is 3.68. The van der Waals surface area contributed by atoms with Gasteiger partial charge in [0.25, 0.3) is 11.5 Å². The maximum absolute atomic E-state index is 13.0. The Balaban J connectivity index is 0.000000625. The minimum absolute atomic E-state index is 0.0590. The molecular weight excluding hydrogens is 557 g/mol. The molecule has 2 atom stereocenters. The van der Waals surface area contributed by atoms with Crippen molar-refractivity contribution < 1.29 is 28.2 Å². The minimum atomic E-state index is -1.76. The molecule has 240 valence electrons. The molecule has 1 amide bonds. The van der Waals surface area contributed by atoms with Crippen molar-refractivity contribution in [2.24, 2.45) is 5.92 Å². The third-order valence-corrected chi connectivity index (χ3v) is 6.32. The van der Waals surface area contributed by atoms with Crippen LogP contribution in [0.3, 0.4) is 0 Å². The van der Waals surface area contributed by atoms with Crippen LogP contribution in [0.2, 0.25) is 0 Å². The second kappa shape index (κ2) is 22.2. The van der Waals surface area contributed by atoms with Gasteiger partial charge in [0.15, 0.2) is 6.29 Å². The van der Waals surface area contributed by atoms with E-state index in [1.807, 2.05) is 44.4 Å². The van der Waals surface area contributed by atoms with Crippen molar-refractivity contribution in [1.29, 1.82) is 0 Å². The standard InChI is InChI=1S/C15H17NO.C9H9F2NO3.C8H17F.C2H6/c1-3-13-7-8-15(17)16(10-13)11-14-6-4-5-12(2)9-14;10-5-2-1-3-6(11)8(5)9(15)12-4-7(13)14;1-4-7(3)6-8(9)5-2;1-2/h4-10H,3,11H2,1-2H3;1-3,7,13-14H,4H2,(H,12,15);7-8H,4-6H2,1-3H3;1-2H3/t;;7-,8?;/m..1./s1. The summed E-state index contributed by atoms with van der Waals surface area (Å²) in [5.74, 6) is -2.47. The van der Waals surface area contributed by atoms with Crippen LogP contribution >= 0.6 is 0 Å². The molecule has 9 heteroatoms. The number of halogens is 3. The summed E-state index contributed by atoms with van der Waals surface area (Å²) in [6, 6.07) is 14.8. The van der Waals surface area contributed by atoms with Crippen LogP contribution in [0.5, 0.6) is 0 Å². The fraction of sp³-hybridized carbons (Fsp3) is 0.471. The number of aliphatic hydroxyl groups excluding tert-OH is 1. The largest absolute Gasteiger partial charge is 0.367 e. The summed E-state index contributed by atoms with van der Waals surface area (Å²) >= 11 is 0. The number of aryl methyl sites for hydroxylation is 2. The average Bonchev–Trinajstić information content (AvgIpc) is 2.98. The maximum Gasteiger partial charge on any atom is 0.257 e. The van der Waals surface area contributed by atoms with E-state index in [2.05, 4.69) is 45.9 Å². The highest BCUT2D eigenvalue weighted by molar-refractivity contribution is 5.94.